The summed E-state index contributed by atoms with van der Waals surface area (Å²) in [5.41, 5.74) is 1.85. The predicted molar refractivity (Wildman–Crippen MR) is 75.1 cm³/mol. The molecule has 2 N–H and O–H groups in total. The lowest BCUT2D eigenvalue weighted by atomic mass is 10.4. The lowest BCUT2D eigenvalue weighted by molar-refractivity contribution is 0.756. The smallest absolute Gasteiger partial charge is 0.224 e. The van der Waals surface area contributed by atoms with Crippen molar-refractivity contribution in [2.45, 2.75) is 13.8 Å². The first-order valence-electron chi connectivity index (χ1n) is 5.64. The van der Waals surface area contributed by atoms with Gasteiger partial charge in [0.1, 0.15) is 5.82 Å². The van der Waals surface area contributed by atoms with Crippen LogP contribution in [0.4, 0.5) is 17.5 Å². The van der Waals surface area contributed by atoms with Gasteiger partial charge in [-0.05, 0) is 29.8 Å². The quantitative estimate of drug-likeness (QED) is 0.908. The van der Waals surface area contributed by atoms with Crippen LogP contribution >= 0.6 is 15.9 Å². The van der Waals surface area contributed by atoms with Gasteiger partial charge in [-0.3, -0.25) is 4.68 Å². The highest BCUT2D eigenvalue weighted by Gasteiger charge is 2.08. The molecule has 0 atom stereocenters. The second-order valence-electron chi connectivity index (χ2n) is 3.85. The van der Waals surface area contributed by atoms with Crippen molar-refractivity contribution in [2.75, 3.05) is 17.2 Å². The maximum absolute atomic E-state index is 4.39. The first-order valence-corrected chi connectivity index (χ1v) is 6.43. The van der Waals surface area contributed by atoms with E-state index in [9.17, 15) is 0 Å². The van der Waals surface area contributed by atoms with Gasteiger partial charge in [-0.2, -0.15) is 10.1 Å². The zero-order valence-electron chi connectivity index (χ0n) is 10.5. The van der Waals surface area contributed by atoms with Crippen LogP contribution in [-0.4, -0.2) is 26.3 Å². The van der Waals surface area contributed by atoms with E-state index < -0.39 is 0 Å². The minimum atomic E-state index is 0.602. The van der Waals surface area contributed by atoms with Crippen molar-refractivity contribution in [3.05, 3.63) is 22.6 Å². The molecule has 0 amide bonds. The molecule has 0 spiro atoms. The monoisotopic (exact) mass is 310 g/mol. The topological polar surface area (TPSA) is 67.7 Å². The maximum Gasteiger partial charge on any atom is 0.224 e. The minimum absolute atomic E-state index is 0.602. The summed E-state index contributed by atoms with van der Waals surface area (Å²) in [5.74, 6) is 1.32. The van der Waals surface area contributed by atoms with Crippen LogP contribution < -0.4 is 10.6 Å². The summed E-state index contributed by atoms with van der Waals surface area (Å²) in [6.45, 7) is 4.74. The number of anilines is 3. The Kier molecular flexibility index (Phi) is 3.81. The van der Waals surface area contributed by atoms with E-state index in [0.717, 1.165) is 28.2 Å². The van der Waals surface area contributed by atoms with Crippen LogP contribution in [0.5, 0.6) is 0 Å². The number of hydrogen-bond acceptors (Lipinski definition) is 5. The number of nitrogens with one attached hydrogen (secondary N) is 2. The van der Waals surface area contributed by atoms with Gasteiger partial charge in [0.05, 0.1) is 15.9 Å². The molecule has 0 saturated heterocycles. The van der Waals surface area contributed by atoms with E-state index in [1.165, 1.54) is 0 Å². The van der Waals surface area contributed by atoms with Crippen LogP contribution in [0, 0.1) is 6.92 Å². The van der Waals surface area contributed by atoms with E-state index >= 15 is 0 Å². The van der Waals surface area contributed by atoms with Crippen molar-refractivity contribution in [1.29, 1.82) is 0 Å². The fraction of sp³-hybridized carbons (Fsp3) is 0.364. The lowest BCUT2D eigenvalue weighted by Gasteiger charge is -2.08. The second kappa shape index (κ2) is 5.34. The van der Waals surface area contributed by atoms with Crippen LogP contribution in [0.1, 0.15) is 12.6 Å². The Hall–Kier alpha value is -1.63. The van der Waals surface area contributed by atoms with Gasteiger partial charge in [0.15, 0.2) is 0 Å². The van der Waals surface area contributed by atoms with Crippen LogP contribution in [0.15, 0.2) is 16.9 Å². The van der Waals surface area contributed by atoms with Crippen LogP contribution in [-0.2, 0) is 7.05 Å². The molecule has 0 aliphatic heterocycles. The molecule has 18 heavy (non-hydrogen) atoms. The molecular formula is C11H15BrN6. The van der Waals surface area contributed by atoms with E-state index in [2.05, 4.69) is 41.6 Å². The summed E-state index contributed by atoms with van der Waals surface area (Å²) in [7, 11) is 1.89. The first kappa shape index (κ1) is 12.8. The Morgan fingerprint density at radius 1 is 1.44 bits per heavy atom. The summed E-state index contributed by atoms with van der Waals surface area (Å²) < 4.78 is 2.57. The zero-order chi connectivity index (χ0) is 13.1. The van der Waals surface area contributed by atoms with Gasteiger partial charge in [-0.25, -0.2) is 4.98 Å². The summed E-state index contributed by atoms with van der Waals surface area (Å²) in [5, 5.41) is 10.6. The van der Waals surface area contributed by atoms with Gasteiger partial charge in [0.2, 0.25) is 5.95 Å². The van der Waals surface area contributed by atoms with E-state index in [4.69, 9.17) is 0 Å². The molecule has 0 unspecified atom stereocenters. The molecular weight excluding hydrogens is 296 g/mol. The van der Waals surface area contributed by atoms with E-state index in [-0.39, 0.29) is 0 Å². The molecule has 2 heterocycles. The Labute approximate surface area is 114 Å². The van der Waals surface area contributed by atoms with Crippen LogP contribution in [0.25, 0.3) is 0 Å². The third-order valence-corrected chi connectivity index (χ3v) is 2.93. The predicted octanol–water partition coefficient (Wildman–Crippen LogP) is 2.46. The number of hydrogen-bond donors (Lipinski definition) is 2. The molecule has 7 heteroatoms. The Morgan fingerprint density at radius 2 is 2.22 bits per heavy atom. The molecule has 2 aromatic heterocycles. The van der Waals surface area contributed by atoms with Crippen LogP contribution in [0.2, 0.25) is 0 Å². The van der Waals surface area contributed by atoms with Crippen molar-refractivity contribution in [1.82, 2.24) is 19.7 Å². The highest BCUT2D eigenvalue weighted by atomic mass is 79.9. The number of halogens is 1. The molecule has 0 aliphatic rings. The molecule has 0 aliphatic carbocycles. The van der Waals surface area contributed by atoms with Gasteiger partial charge in [0.25, 0.3) is 0 Å². The van der Waals surface area contributed by atoms with Crippen molar-refractivity contribution >= 4 is 33.4 Å². The number of nitrogens with zero attached hydrogens (tertiary/aromatic N) is 4. The van der Waals surface area contributed by atoms with Gasteiger partial charge >= 0.3 is 0 Å². The van der Waals surface area contributed by atoms with Crippen molar-refractivity contribution in [3.8, 4) is 0 Å². The Bertz CT molecular complexity index is 550. The molecule has 0 bridgehead atoms. The summed E-state index contributed by atoms with van der Waals surface area (Å²) in [4.78, 5) is 8.56. The third kappa shape index (κ3) is 2.79. The molecule has 6 nitrogen and oxygen atoms in total. The third-order valence-electron chi connectivity index (χ3n) is 2.35. The van der Waals surface area contributed by atoms with Crippen molar-refractivity contribution < 1.29 is 0 Å². The van der Waals surface area contributed by atoms with E-state index in [0.29, 0.717) is 5.95 Å². The minimum Gasteiger partial charge on any atom is -0.354 e. The zero-order valence-corrected chi connectivity index (χ0v) is 12.1. The number of aromatic nitrogens is 4. The Balaban J connectivity index is 2.27. The fourth-order valence-electron chi connectivity index (χ4n) is 1.55. The molecule has 0 saturated carbocycles. The summed E-state index contributed by atoms with van der Waals surface area (Å²) in [6.07, 6.45) is 3.63. The second-order valence-corrected chi connectivity index (χ2v) is 4.70. The van der Waals surface area contributed by atoms with E-state index in [1.807, 2.05) is 27.1 Å². The highest BCUT2D eigenvalue weighted by molar-refractivity contribution is 9.10. The average Bonchev–Trinajstić information content (AvgIpc) is 2.62. The Morgan fingerprint density at radius 3 is 2.83 bits per heavy atom. The van der Waals surface area contributed by atoms with Crippen molar-refractivity contribution in [2.24, 2.45) is 7.05 Å². The summed E-state index contributed by atoms with van der Waals surface area (Å²) in [6, 6.07) is 0. The fourth-order valence-corrected chi connectivity index (χ4v) is 1.84. The van der Waals surface area contributed by atoms with Crippen LogP contribution in [0.3, 0.4) is 0 Å². The number of aryl methyl sites for hydroxylation is 2. The standard InChI is InChI=1S/C11H15BrN6/c1-4-13-11-14-5-8(12)10(16-11)15-9-6-18(3)17-7(9)2/h5-6H,4H2,1-3H3,(H2,13,14,15,16). The molecule has 96 valence electrons. The highest BCUT2D eigenvalue weighted by Crippen LogP contribution is 2.25. The molecule has 2 aromatic rings. The SMILES string of the molecule is CCNc1ncc(Br)c(Nc2cn(C)nc2C)n1. The van der Waals surface area contributed by atoms with E-state index in [1.54, 1.807) is 10.9 Å². The largest absolute Gasteiger partial charge is 0.354 e. The normalized spacial score (nSPS) is 10.4. The van der Waals surface area contributed by atoms with Gasteiger partial charge in [-0.1, -0.05) is 0 Å². The molecule has 0 fully saturated rings. The molecule has 0 aromatic carbocycles. The maximum atomic E-state index is 4.39. The number of rotatable bonds is 4. The first-order chi connectivity index (χ1) is 8.60. The average molecular weight is 311 g/mol. The molecule has 2 rings (SSSR count). The van der Waals surface area contributed by atoms with Gasteiger partial charge in [0, 0.05) is 26.0 Å². The molecule has 0 radical (unpaired) electrons. The van der Waals surface area contributed by atoms with Crippen molar-refractivity contribution in [3.63, 3.8) is 0 Å². The lowest BCUT2D eigenvalue weighted by Crippen LogP contribution is -2.04. The van der Waals surface area contributed by atoms with Gasteiger partial charge < -0.3 is 10.6 Å². The summed E-state index contributed by atoms with van der Waals surface area (Å²) >= 11 is 3.43. The van der Waals surface area contributed by atoms with Gasteiger partial charge in [-0.15, -0.1) is 0 Å².